The monoisotopic (exact) mass is 303 g/mol. The van der Waals surface area contributed by atoms with E-state index in [0.29, 0.717) is 13.0 Å². The molecule has 0 amide bonds. The summed E-state index contributed by atoms with van der Waals surface area (Å²) in [6, 6.07) is 0. The molecule has 0 aromatic carbocycles. The fourth-order valence-electron chi connectivity index (χ4n) is 2.96. The molecule has 2 atom stereocenters. The average molecular weight is 303 g/mol. The maximum atomic E-state index is 11.4. The van der Waals surface area contributed by atoms with Gasteiger partial charge < -0.3 is 25.7 Å². The highest BCUT2D eigenvalue weighted by Crippen LogP contribution is 2.39. The van der Waals surface area contributed by atoms with Gasteiger partial charge in [-0.05, 0) is 19.4 Å². The van der Waals surface area contributed by atoms with Crippen molar-refractivity contribution in [1.29, 1.82) is 0 Å². The SMILES string of the molecule is O=C(O)CC(C(=O)O)C1(C(CC(=O)O)C(=O)O)CCCN1. The number of nitrogens with one attached hydrogen (secondary N) is 1. The van der Waals surface area contributed by atoms with Crippen molar-refractivity contribution in [2.45, 2.75) is 31.2 Å². The fourth-order valence-corrected chi connectivity index (χ4v) is 2.96. The number of carboxylic acids is 4. The van der Waals surface area contributed by atoms with Gasteiger partial charge in [0.05, 0.1) is 24.7 Å². The second kappa shape index (κ2) is 6.53. The summed E-state index contributed by atoms with van der Waals surface area (Å²) in [4.78, 5) is 44.5. The van der Waals surface area contributed by atoms with Gasteiger partial charge in [-0.2, -0.15) is 0 Å². The van der Waals surface area contributed by atoms with E-state index in [1.807, 2.05) is 0 Å². The van der Waals surface area contributed by atoms with Crippen LogP contribution in [-0.2, 0) is 19.2 Å². The molecular weight excluding hydrogens is 286 g/mol. The molecule has 9 heteroatoms. The Morgan fingerprint density at radius 1 is 0.905 bits per heavy atom. The highest BCUT2D eigenvalue weighted by molar-refractivity contribution is 5.83. The molecule has 0 bridgehead atoms. The van der Waals surface area contributed by atoms with Crippen LogP contribution in [0.5, 0.6) is 0 Å². The Hall–Kier alpha value is -2.16. The van der Waals surface area contributed by atoms with Gasteiger partial charge in [0.15, 0.2) is 0 Å². The summed E-state index contributed by atoms with van der Waals surface area (Å²) in [5.74, 6) is -8.70. The molecule has 0 radical (unpaired) electrons. The van der Waals surface area contributed by atoms with E-state index in [-0.39, 0.29) is 6.42 Å². The van der Waals surface area contributed by atoms with E-state index >= 15 is 0 Å². The van der Waals surface area contributed by atoms with Crippen LogP contribution in [0.3, 0.4) is 0 Å². The maximum Gasteiger partial charge on any atom is 0.308 e. The van der Waals surface area contributed by atoms with Gasteiger partial charge in [-0.25, -0.2) is 0 Å². The molecule has 21 heavy (non-hydrogen) atoms. The number of hydrogen-bond donors (Lipinski definition) is 5. The van der Waals surface area contributed by atoms with Gasteiger partial charge in [0.1, 0.15) is 0 Å². The first-order valence-electron chi connectivity index (χ1n) is 6.35. The molecule has 0 aliphatic carbocycles. The molecule has 9 nitrogen and oxygen atoms in total. The van der Waals surface area contributed by atoms with Crippen molar-refractivity contribution in [3.63, 3.8) is 0 Å². The lowest BCUT2D eigenvalue weighted by atomic mass is 9.70. The maximum absolute atomic E-state index is 11.4. The minimum atomic E-state index is -1.57. The summed E-state index contributed by atoms with van der Waals surface area (Å²) in [5, 5.41) is 39.0. The van der Waals surface area contributed by atoms with Crippen LogP contribution >= 0.6 is 0 Å². The Morgan fingerprint density at radius 3 is 1.57 bits per heavy atom. The first kappa shape index (κ1) is 16.9. The number of carbonyl (C=O) groups is 4. The van der Waals surface area contributed by atoms with E-state index in [9.17, 15) is 29.4 Å². The van der Waals surface area contributed by atoms with Gasteiger partial charge in [0.25, 0.3) is 0 Å². The largest absolute Gasteiger partial charge is 0.481 e. The second-order valence-corrected chi connectivity index (χ2v) is 5.05. The molecule has 1 rings (SSSR count). The lowest BCUT2D eigenvalue weighted by Gasteiger charge is -2.39. The zero-order valence-corrected chi connectivity index (χ0v) is 11.1. The van der Waals surface area contributed by atoms with Crippen LogP contribution in [0.15, 0.2) is 0 Å². The molecule has 0 aromatic rings. The van der Waals surface area contributed by atoms with E-state index in [1.54, 1.807) is 0 Å². The Labute approximate surface area is 119 Å². The zero-order chi connectivity index (χ0) is 16.2. The molecule has 0 saturated carbocycles. The molecule has 0 spiro atoms. The topological polar surface area (TPSA) is 161 Å². The molecule has 1 aliphatic heterocycles. The quantitative estimate of drug-likeness (QED) is 0.396. The Morgan fingerprint density at radius 2 is 1.33 bits per heavy atom. The van der Waals surface area contributed by atoms with Gasteiger partial charge in [0, 0.05) is 5.54 Å². The lowest BCUT2D eigenvalue weighted by Crippen LogP contribution is -2.58. The van der Waals surface area contributed by atoms with Crippen LogP contribution in [0.1, 0.15) is 25.7 Å². The first-order valence-corrected chi connectivity index (χ1v) is 6.35. The van der Waals surface area contributed by atoms with E-state index in [0.717, 1.165) is 0 Å². The Kier molecular flexibility index (Phi) is 5.25. The first-order chi connectivity index (χ1) is 9.70. The van der Waals surface area contributed by atoms with Gasteiger partial charge >= 0.3 is 23.9 Å². The van der Waals surface area contributed by atoms with Crippen LogP contribution in [0.25, 0.3) is 0 Å². The van der Waals surface area contributed by atoms with Gasteiger partial charge in [0.2, 0.25) is 0 Å². The van der Waals surface area contributed by atoms with Crippen molar-refractivity contribution in [2.24, 2.45) is 11.8 Å². The smallest absolute Gasteiger partial charge is 0.308 e. The minimum absolute atomic E-state index is 0.0987. The number of carboxylic acid groups (broad SMARTS) is 4. The summed E-state index contributed by atoms with van der Waals surface area (Å²) >= 11 is 0. The second-order valence-electron chi connectivity index (χ2n) is 5.05. The number of rotatable bonds is 8. The van der Waals surface area contributed by atoms with Crippen LogP contribution in [-0.4, -0.2) is 56.4 Å². The Bertz CT molecular complexity index is 418. The van der Waals surface area contributed by atoms with Crippen LogP contribution < -0.4 is 5.32 Å². The molecule has 2 unspecified atom stereocenters. The van der Waals surface area contributed by atoms with Crippen LogP contribution in [0.2, 0.25) is 0 Å². The van der Waals surface area contributed by atoms with E-state index < -0.39 is 54.1 Å². The summed E-state index contributed by atoms with van der Waals surface area (Å²) in [6.07, 6.45) is -0.994. The molecule has 0 aromatic heterocycles. The van der Waals surface area contributed by atoms with Crippen LogP contribution in [0, 0.1) is 11.8 Å². The predicted octanol–water partition coefficient (Wildman–Crippen LogP) is -0.540. The highest BCUT2D eigenvalue weighted by atomic mass is 16.4. The third-order valence-corrected chi connectivity index (χ3v) is 3.82. The summed E-state index contributed by atoms with van der Waals surface area (Å²) in [5.41, 5.74) is -1.57. The van der Waals surface area contributed by atoms with Crippen molar-refractivity contribution in [1.82, 2.24) is 5.32 Å². The van der Waals surface area contributed by atoms with Gasteiger partial charge in [-0.15, -0.1) is 0 Å². The van der Waals surface area contributed by atoms with Gasteiger partial charge in [-0.3, -0.25) is 19.2 Å². The summed E-state index contributed by atoms with van der Waals surface area (Å²) in [7, 11) is 0. The molecular formula is C12H17NO8. The van der Waals surface area contributed by atoms with Crippen LogP contribution in [0.4, 0.5) is 0 Å². The van der Waals surface area contributed by atoms with E-state index in [4.69, 9.17) is 10.2 Å². The van der Waals surface area contributed by atoms with Crippen molar-refractivity contribution in [3.05, 3.63) is 0 Å². The van der Waals surface area contributed by atoms with Crippen molar-refractivity contribution < 1.29 is 39.6 Å². The van der Waals surface area contributed by atoms with E-state index in [1.165, 1.54) is 0 Å². The van der Waals surface area contributed by atoms with Crippen molar-refractivity contribution >= 4 is 23.9 Å². The Balaban J connectivity index is 3.25. The summed E-state index contributed by atoms with van der Waals surface area (Å²) < 4.78 is 0. The molecule has 1 aliphatic rings. The fraction of sp³-hybridized carbons (Fsp3) is 0.667. The lowest BCUT2D eigenvalue weighted by molar-refractivity contribution is -0.159. The van der Waals surface area contributed by atoms with Gasteiger partial charge in [-0.1, -0.05) is 0 Å². The molecule has 1 saturated heterocycles. The minimum Gasteiger partial charge on any atom is -0.481 e. The third kappa shape index (κ3) is 3.69. The molecule has 1 fully saturated rings. The predicted molar refractivity (Wildman–Crippen MR) is 66.7 cm³/mol. The molecule has 118 valence electrons. The van der Waals surface area contributed by atoms with Crippen molar-refractivity contribution in [2.75, 3.05) is 6.54 Å². The molecule has 1 heterocycles. The number of aliphatic carboxylic acids is 4. The zero-order valence-electron chi connectivity index (χ0n) is 11.1. The van der Waals surface area contributed by atoms with E-state index in [2.05, 4.69) is 5.32 Å². The highest BCUT2D eigenvalue weighted by Gasteiger charge is 2.54. The third-order valence-electron chi connectivity index (χ3n) is 3.82. The normalized spacial score (nSPS) is 24.2. The summed E-state index contributed by atoms with van der Waals surface area (Å²) in [6.45, 7) is 0.312. The standard InChI is InChI=1S/C12H17NO8/c14-8(15)4-6(10(18)19)12(2-1-3-13-12)7(11(20)21)5-9(16)17/h6-7,13H,1-5H2,(H,14,15)(H,16,17)(H,18,19)(H,20,21). The molecule has 5 N–H and O–H groups in total. The number of hydrogen-bond acceptors (Lipinski definition) is 5. The van der Waals surface area contributed by atoms with Crippen molar-refractivity contribution in [3.8, 4) is 0 Å². The average Bonchev–Trinajstić information content (AvgIpc) is 2.82.